The summed E-state index contributed by atoms with van der Waals surface area (Å²) in [6.07, 6.45) is 1.11. The fraction of sp³-hybridized carbons (Fsp3) is 0.208. The summed E-state index contributed by atoms with van der Waals surface area (Å²) in [5, 5.41) is 25.2. The first-order valence-electron chi connectivity index (χ1n) is 12.1. The third-order valence-corrected chi connectivity index (χ3v) is 8.52. The number of nitrogens with zero attached hydrogens (tertiary/aromatic N) is 2. The van der Waals surface area contributed by atoms with Crippen molar-refractivity contribution in [2.24, 2.45) is 0 Å². The lowest BCUT2D eigenvalue weighted by atomic mass is 9.72. The molecule has 3 aromatic rings. The lowest BCUT2D eigenvalue weighted by molar-refractivity contribution is -0.123. The van der Waals surface area contributed by atoms with Gasteiger partial charge >= 0.3 is 20.7 Å². The summed E-state index contributed by atoms with van der Waals surface area (Å²) in [4.78, 5) is 74.1. The smallest absolute Gasteiger partial charge is 0.534 e. The highest BCUT2D eigenvalue weighted by molar-refractivity contribution is 7.99. The highest BCUT2D eigenvalue weighted by atomic mass is 32.2. The fourth-order valence-electron chi connectivity index (χ4n) is 4.53. The Hall–Kier alpha value is -3.95. The van der Waals surface area contributed by atoms with Crippen molar-refractivity contribution < 1.29 is 43.5 Å². The molecule has 0 unspecified atom stereocenters. The Morgan fingerprint density at radius 3 is 2.56 bits per heavy atom. The van der Waals surface area contributed by atoms with Crippen LogP contribution in [0, 0.1) is 0 Å². The lowest BCUT2D eigenvalue weighted by Crippen LogP contribution is -2.55. The second-order valence-electron chi connectivity index (χ2n) is 9.23. The SMILES string of the molecule is O=C(O)c1cccc2c1OB(O)[C@@H](NC(=O)[C@@H](NC(=O)c1cnc3n(c1=O)CCS3)c1ccc(P(=O)(O)O)cc1)C2. The van der Waals surface area contributed by atoms with Gasteiger partial charge in [-0.2, -0.15) is 0 Å². The zero-order valence-electron chi connectivity index (χ0n) is 21.0. The Bertz CT molecular complexity index is 1660. The van der Waals surface area contributed by atoms with Crippen molar-refractivity contribution in [3.05, 3.63) is 81.3 Å². The van der Waals surface area contributed by atoms with E-state index >= 15 is 0 Å². The van der Waals surface area contributed by atoms with E-state index in [4.69, 9.17) is 4.65 Å². The average Bonchev–Trinajstić information content (AvgIpc) is 3.41. The molecule has 3 heterocycles. The number of carbonyl (C=O) groups excluding carboxylic acids is 2. The molecule has 17 heteroatoms. The van der Waals surface area contributed by atoms with E-state index in [1.165, 1.54) is 40.6 Å². The second kappa shape index (κ2) is 11.1. The highest BCUT2D eigenvalue weighted by Gasteiger charge is 2.39. The van der Waals surface area contributed by atoms with E-state index in [-0.39, 0.29) is 34.2 Å². The van der Waals surface area contributed by atoms with Crippen LogP contribution in [0.15, 0.2) is 58.6 Å². The predicted molar refractivity (Wildman–Crippen MR) is 145 cm³/mol. The van der Waals surface area contributed by atoms with E-state index in [1.807, 2.05) is 0 Å². The molecule has 41 heavy (non-hydrogen) atoms. The molecule has 0 spiro atoms. The molecule has 212 valence electrons. The molecule has 2 aliphatic rings. The van der Waals surface area contributed by atoms with Gasteiger partial charge in [0.1, 0.15) is 17.4 Å². The summed E-state index contributed by atoms with van der Waals surface area (Å²) in [6.45, 7) is 0.366. The van der Waals surface area contributed by atoms with Crippen LogP contribution < -0.4 is 26.2 Å². The maximum Gasteiger partial charge on any atom is 0.547 e. The number of thioether (sulfide) groups is 1. The molecule has 14 nitrogen and oxygen atoms in total. The van der Waals surface area contributed by atoms with Crippen LogP contribution in [-0.4, -0.2) is 66.1 Å². The third kappa shape index (κ3) is 5.78. The Labute approximate surface area is 236 Å². The molecule has 0 bridgehead atoms. The normalized spacial score (nSPS) is 16.7. The summed E-state index contributed by atoms with van der Waals surface area (Å²) in [5.74, 6) is -3.47. The number of benzene rings is 2. The van der Waals surface area contributed by atoms with Crippen LogP contribution in [0.4, 0.5) is 0 Å². The zero-order chi connectivity index (χ0) is 29.5. The minimum Gasteiger partial charge on any atom is -0.534 e. The van der Waals surface area contributed by atoms with E-state index in [0.717, 1.165) is 18.3 Å². The van der Waals surface area contributed by atoms with Gasteiger partial charge in [-0.1, -0.05) is 36.0 Å². The molecule has 2 amide bonds. The standard InChI is InChI=1S/C24H22BN4O10PS/c30-20(16-11-26-24-29(22(16)32)8-9-41-24)28-18(12-4-6-14(7-5-12)40(36,37)38)21(31)27-17-10-13-2-1-3-15(23(33)34)19(13)39-25(17)35/h1-7,11,17-18,35H,8-10H2,(H,27,31)(H,28,30)(H,33,34)(H2,36,37,38)/t17-,18-/m0/s1. The molecule has 2 aromatic carbocycles. The molecule has 0 radical (unpaired) electrons. The largest absolute Gasteiger partial charge is 0.547 e. The van der Waals surface area contributed by atoms with Gasteiger partial charge in [-0.3, -0.25) is 23.5 Å². The number of fused-ring (bicyclic) bond motifs is 2. The number of aromatic carboxylic acids is 1. The van der Waals surface area contributed by atoms with Gasteiger partial charge in [0.15, 0.2) is 5.16 Å². The first-order valence-corrected chi connectivity index (χ1v) is 14.7. The number of aromatic nitrogens is 2. The number of carboxylic acids is 1. The quantitative estimate of drug-likeness (QED) is 0.115. The summed E-state index contributed by atoms with van der Waals surface area (Å²) < 4.78 is 18.4. The third-order valence-electron chi connectivity index (χ3n) is 6.58. The van der Waals surface area contributed by atoms with Crippen LogP contribution in [0.5, 0.6) is 5.75 Å². The average molecular weight is 600 g/mol. The number of hydrogen-bond acceptors (Lipinski definition) is 9. The number of rotatable bonds is 7. The first-order chi connectivity index (χ1) is 19.4. The molecule has 0 fully saturated rings. The number of nitrogens with one attached hydrogen (secondary N) is 2. The minimum absolute atomic E-state index is 0.00503. The molecule has 0 saturated heterocycles. The van der Waals surface area contributed by atoms with Gasteiger partial charge in [0.05, 0.1) is 16.8 Å². The van der Waals surface area contributed by atoms with Crippen LogP contribution in [0.25, 0.3) is 0 Å². The molecule has 5 rings (SSSR count). The second-order valence-corrected chi connectivity index (χ2v) is 11.9. The van der Waals surface area contributed by atoms with Crippen molar-refractivity contribution in [1.82, 2.24) is 20.2 Å². The van der Waals surface area contributed by atoms with Gasteiger partial charge in [0, 0.05) is 18.5 Å². The van der Waals surface area contributed by atoms with Crippen LogP contribution in [0.2, 0.25) is 0 Å². The molecule has 2 atom stereocenters. The minimum atomic E-state index is -4.59. The maximum absolute atomic E-state index is 13.5. The van der Waals surface area contributed by atoms with Crippen molar-refractivity contribution in [2.45, 2.75) is 30.1 Å². The number of amides is 2. The van der Waals surface area contributed by atoms with E-state index in [1.54, 1.807) is 6.07 Å². The van der Waals surface area contributed by atoms with Crippen molar-refractivity contribution >= 4 is 49.6 Å². The summed E-state index contributed by atoms with van der Waals surface area (Å²) in [5.41, 5.74) is -0.512. The van der Waals surface area contributed by atoms with Gasteiger partial charge in [-0.05, 0) is 35.7 Å². The number of carboxylic acid groups (broad SMARTS) is 1. The van der Waals surface area contributed by atoms with Crippen molar-refractivity contribution in [3.63, 3.8) is 0 Å². The monoisotopic (exact) mass is 600 g/mol. The van der Waals surface area contributed by atoms with Gasteiger partial charge in [0.2, 0.25) is 5.91 Å². The van der Waals surface area contributed by atoms with Gasteiger partial charge in [0.25, 0.3) is 11.5 Å². The Kier molecular flexibility index (Phi) is 7.77. The number of hydrogen-bond donors (Lipinski definition) is 6. The summed E-state index contributed by atoms with van der Waals surface area (Å²) >= 11 is 1.36. The lowest BCUT2D eigenvalue weighted by Gasteiger charge is -2.30. The van der Waals surface area contributed by atoms with Crippen molar-refractivity contribution in [3.8, 4) is 5.75 Å². The molecule has 2 aliphatic heterocycles. The summed E-state index contributed by atoms with van der Waals surface area (Å²) in [7, 11) is -6.23. The first kappa shape index (κ1) is 28.6. The van der Waals surface area contributed by atoms with Crippen molar-refractivity contribution in [2.75, 3.05) is 5.75 Å². The van der Waals surface area contributed by atoms with Crippen molar-refractivity contribution in [1.29, 1.82) is 0 Å². The van der Waals surface area contributed by atoms with Crippen LogP contribution >= 0.6 is 19.4 Å². The molecule has 1 aromatic heterocycles. The van der Waals surface area contributed by atoms with E-state index in [2.05, 4.69) is 15.6 Å². The maximum atomic E-state index is 13.5. The van der Waals surface area contributed by atoms with E-state index in [0.29, 0.717) is 23.0 Å². The molecular formula is C24H22BN4O10PS. The fourth-order valence-corrected chi connectivity index (χ4v) is 5.98. The Morgan fingerprint density at radius 2 is 1.88 bits per heavy atom. The van der Waals surface area contributed by atoms with Gasteiger partial charge < -0.3 is 35.2 Å². The van der Waals surface area contributed by atoms with Gasteiger partial charge in [-0.15, -0.1) is 0 Å². The van der Waals surface area contributed by atoms with Crippen LogP contribution in [-0.2, 0) is 22.3 Å². The molecule has 0 saturated carbocycles. The van der Waals surface area contributed by atoms with Crippen LogP contribution in [0.3, 0.4) is 0 Å². The Morgan fingerprint density at radius 1 is 1.15 bits per heavy atom. The van der Waals surface area contributed by atoms with Crippen LogP contribution in [0.1, 0.15) is 37.9 Å². The Balaban J connectivity index is 1.43. The number of para-hydroxylation sites is 1. The molecule has 6 N–H and O–H groups in total. The summed E-state index contributed by atoms with van der Waals surface area (Å²) in [6, 6.07) is 7.61. The van der Waals surface area contributed by atoms with E-state index in [9.17, 15) is 43.7 Å². The molecule has 0 aliphatic carbocycles. The van der Waals surface area contributed by atoms with Gasteiger partial charge in [-0.25, -0.2) is 9.78 Å². The number of carbonyl (C=O) groups is 3. The predicted octanol–water partition coefficient (Wildman–Crippen LogP) is -0.539. The topological polar surface area (TPSA) is 217 Å². The van der Waals surface area contributed by atoms with E-state index < -0.39 is 50.0 Å². The molecular weight excluding hydrogens is 578 g/mol. The highest BCUT2D eigenvalue weighted by Crippen LogP contribution is 2.33. The zero-order valence-corrected chi connectivity index (χ0v) is 22.7.